The van der Waals surface area contributed by atoms with Crippen molar-refractivity contribution in [3.8, 4) is 5.75 Å². The number of phenols is 1. The van der Waals surface area contributed by atoms with E-state index in [4.69, 9.17) is 23.2 Å². The highest BCUT2D eigenvalue weighted by Gasteiger charge is 2.17. The zero-order valence-electron chi connectivity index (χ0n) is 11.3. The fraction of sp³-hybridized carbons (Fsp3) is 0.0588. The normalized spacial score (nSPS) is 12.3. The number of phenolic OH excluding ortho intramolecular Hbond substituents is 1. The van der Waals surface area contributed by atoms with Crippen LogP contribution in [-0.2, 0) is 4.79 Å². The van der Waals surface area contributed by atoms with Crippen molar-refractivity contribution in [3.05, 3.63) is 69.8 Å². The van der Waals surface area contributed by atoms with Gasteiger partial charge in [0.15, 0.2) is 5.75 Å². The van der Waals surface area contributed by atoms with Crippen LogP contribution in [0.25, 0.3) is 10.9 Å². The lowest BCUT2D eigenvalue weighted by molar-refractivity contribution is -0.108. The van der Waals surface area contributed by atoms with Gasteiger partial charge in [-0.1, -0.05) is 41.4 Å². The van der Waals surface area contributed by atoms with Gasteiger partial charge in [-0.05, 0) is 35.4 Å². The van der Waals surface area contributed by atoms with E-state index in [-0.39, 0.29) is 15.8 Å². The van der Waals surface area contributed by atoms with Crippen molar-refractivity contribution in [3.63, 3.8) is 0 Å². The molecule has 0 spiro atoms. The summed E-state index contributed by atoms with van der Waals surface area (Å²) in [6.45, 7) is 0. The molecule has 1 unspecified atom stereocenters. The third-order valence-electron chi connectivity index (χ3n) is 3.51. The number of halogens is 2. The minimum Gasteiger partial charge on any atom is -0.505 e. The van der Waals surface area contributed by atoms with Crippen molar-refractivity contribution in [1.82, 2.24) is 4.98 Å². The molecule has 0 fully saturated rings. The Bertz CT molecular complexity index is 841. The summed E-state index contributed by atoms with van der Waals surface area (Å²) in [5.41, 5.74) is 2.21. The zero-order chi connectivity index (χ0) is 15.7. The van der Waals surface area contributed by atoms with Crippen molar-refractivity contribution < 1.29 is 9.90 Å². The fourth-order valence-electron chi connectivity index (χ4n) is 2.37. The average molecular weight is 332 g/mol. The van der Waals surface area contributed by atoms with Gasteiger partial charge >= 0.3 is 0 Å². The van der Waals surface area contributed by atoms with E-state index < -0.39 is 5.92 Å². The summed E-state index contributed by atoms with van der Waals surface area (Å²) >= 11 is 11.9. The van der Waals surface area contributed by atoms with Crippen LogP contribution in [0, 0.1) is 0 Å². The number of carbonyl (C=O) groups excluding carboxylic acids is 1. The molecule has 1 N–H and O–H groups in total. The lowest BCUT2D eigenvalue weighted by Crippen LogP contribution is -2.03. The number of rotatable bonds is 3. The van der Waals surface area contributed by atoms with Crippen LogP contribution in [0.3, 0.4) is 0 Å². The molecule has 0 aliphatic rings. The standard InChI is InChI=1S/C17H11Cl2NO2/c18-14-6-11(7-15(19)17(14)22)13(9-21)12-5-10-3-1-2-4-16(10)20-8-12/h1-9,13,22H. The van der Waals surface area contributed by atoms with Gasteiger partial charge in [0.25, 0.3) is 0 Å². The van der Waals surface area contributed by atoms with Gasteiger partial charge in [0.05, 0.1) is 21.5 Å². The molecule has 0 aliphatic carbocycles. The van der Waals surface area contributed by atoms with Crippen LogP contribution in [0.15, 0.2) is 48.7 Å². The maximum atomic E-state index is 11.6. The first-order valence-corrected chi connectivity index (χ1v) is 7.33. The molecule has 0 aliphatic heterocycles. The number of hydrogen-bond acceptors (Lipinski definition) is 3. The first-order valence-electron chi connectivity index (χ1n) is 6.58. The Morgan fingerprint density at radius 2 is 1.73 bits per heavy atom. The summed E-state index contributed by atoms with van der Waals surface area (Å²) in [5.74, 6) is -0.735. The molecule has 1 atom stereocenters. The molecular formula is C17H11Cl2NO2. The lowest BCUT2D eigenvalue weighted by atomic mass is 9.93. The van der Waals surface area contributed by atoms with Crippen LogP contribution in [0.4, 0.5) is 0 Å². The van der Waals surface area contributed by atoms with E-state index in [9.17, 15) is 9.90 Å². The number of pyridine rings is 1. The van der Waals surface area contributed by atoms with Gasteiger partial charge in [0.1, 0.15) is 6.29 Å². The molecule has 0 radical (unpaired) electrons. The van der Waals surface area contributed by atoms with E-state index in [0.29, 0.717) is 5.56 Å². The van der Waals surface area contributed by atoms with Gasteiger partial charge in [-0.2, -0.15) is 0 Å². The summed E-state index contributed by atoms with van der Waals surface area (Å²) in [7, 11) is 0. The van der Waals surface area contributed by atoms with E-state index in [0.717, 1.165) is 22.8 Å². The predicted octanol–water partition coefficient (Wildman–Crippen LogP) is 4.58. The molecule has 0 amide bonds. The number of aromatic hydroxyl groups is 1. The van der Waals surface area contributed by atoms with Gasteiger partial charge in [0.2, 0.25) is 0 Å². The van der Waals surface area contributed by atoms with Crippen molar-refractivity contribution in [1.29, 1.82) is 0 Å². The summed E-state index contributed by atoms with van der Waals surface area (Å²) in [6.07, 6.45) is 2.47. The Kier molecular flexibility index (Phi) is 4.01. The fourth-order valence-corrected chi connectivity index (χ4v) is 2.88. The number of aldehydes is 1. The molecule has 5 heteroatoms. The van der Waals surface area contributed by atoms with Crippen molar-refractivity contribution in [2.75, 3.05) is 0 Å². The SMILES string of the molecule is O=CC(c1cc(Cl)c(O)c(Cl)c1)c1cnc2ccccc2c1. The van der Waals surface area contributed by atoms with E-state index in [1.165, 1.54) is 12.1 Å². The number of para-hydroxylation sites is 1. The number of nitrogens with zero attached hydrogens (tertiary/aromatic N) is 1. The van der Waals surface area contributed by atoms with E-state index in [1.54, 1.807) is 6.20 Å². The lowest BCUT2D eigenvalue weighted by Gasteiger charge is -2.13. The van der Waals surface area contributed by atoms with Crippen LogP contribution >= 0.6 is 23.2 Å². The topological polar surface area (TPSA) is 50.2 Å². The minimum absolute atomic E-state index is 0.114. The second kappa shape index (κ2) is 5.95. The largest absolute Gasteiger partial charge is 0.505 e. The summed E-state index contributed by atoms with van der Waals surface area (Å²) in [5, 5.41) is 10.8. The van der Waals surface area contributed by atoms with E-state index in [1.807, 2.05) is 30.3 Å². The number of fused-ring (bicyclic) bond motifs is 1. The molecule has 0 saturated heterocycles. The maximum absolute atomic E-state index is 11.6. The molecule has 3 nitrogen and oxygen atoms in total. The third-order valence-corrected chi connectivity index (χ3v) is 4.08. The van der Waals surface area contributed by atoms with Crippen molar-refractivity contribution in [2.24, 2.45) is 0 Å². The molecule has 0 saturated carbocycles. The van der Waals surface area contributed by atoms with Gasteiger partial charge in [-0.25, -0.2) is 0 Å². The smallest absolute Gasteiger partial charge is 0.152 e. The molecule has 3 aromatic rings. The summed E-state index contributed by atoms with van der Waals surface area (Å²) in [4.78, 5) is 15.9. The second-order valence-corrected chi connectivity index (χ2v) is 5.72. The average Bonchev–Trinajstić information content (AvgIpc) is 2.53. The quantitative estimate of drug-likeness (QED) is 0.714. The third kappa shape index (κ3) is 2.65. The van der Waals surface area contributed by atoms with Crippen LogP contribution in [0.2, 0.25) is 10.0 Å². The first-order chi connectivity index (χ1) is 10.6. The Morgan fingerprint density at radius 3 is 2.41 bits per heavy atom. The van der Waals surface area contributed by atoms with Gasteiger partial charge in [-0.15, -0.1) is 0 Å². The molecular weight excluding hydrogens is 321 g/mol. The molecule has 110 valence electrons. The molecule has 22 heavy (non-hydrogen) atoms. The number of carbonyl (C=O) groups is 1. The van der Waals surface area contributed by atoms with E-state index >= 15 is 0 Å². The Labute approximate surface area is 137 Å². The number of hydrogen-bond donors (Lipinski definition) is 1. The van der Waals surface area contributed by atoms with Crippen LogP contribution in [-0.4, -0.2) is 16.4 Å². The highest BCUT2D eigenvalue weighted by Crippen LogP contribution is 2.36. The Morgan fingerprint density at radius 1 is 1.05 bits per heavy atom. The molecule has 1 aromatic heterocycles. The van der Waals surface area contributed by atoms with Crippen molar-refractivity contribution >= 4 is 40.4 Å². The van der Waals surface area contributed by atoms with Gasteiger partial charge in [0, 0.05) is 11.6 Å². The Hall–Kier alpha value is -2.10. The molecule has 3 rings (SSSR count). The summed E-state index contributed by atoms with van der Waals surface area (Å²) < 4.78 is 0. The van der Waals surface area contributed by atoms with Gasteiger partial charge in [-0.3, -0.25) is 4.98 Å². The van der Waals surface area contributed by atoms with E-state index in [2.05, 4.69) is 4.98 Å². The van der Waals surface area contributed by atoms with Crippen LogP contribution < -0.4 is 0 Å². The van der Waals surface area contributed by atoms with Crippen LogP contribution in [0.1, 0.15) is 17.0 Å². The second-order valence-electron chi connectivity index (χ2n) is 4.91. The summed E-state index contributed by atoms with van der Waals surface area (Å²) in [6, 6.07) is 12.7. The Balaban J connectivity index is 2.11. The highest BCUT2D eigenvalue weighted by molar-refractivity contribution is 6.37. The highest BCUT2D eigenvalue weighted by atomic mass is 35.5. The monoisotopic (exact) mass is 331 g/mol. The molecule has 2 aromatic carbocycles. The first kappa shape index (κ1) is 14.8. The molecule has 0 bridgehead atoms. The van der Waals surface area contributed by atoms with Gasteiger partial charge < -0.3 is 9.90 Å². The molecule has 1 heterocycles. The number of aromatic nitrogens is 1. The van der Waals surface area contributed by atoms with Crippen molar-refractivity contribution in [2.45, 2.75) is 5.92 Å². The predicted molar refractivity (Wildman–Crippen MR) is 87.8 cm³/mol. The number of benzene rings is 2. The van der Waals surface area contributed by atoms with Crippen LogP contribution in [0.5, 0.6) is 5.75 Å². The maximum Gasteiger partial charge on any atom is 0.152 e. The minimum atomic E-state index is -0.548. The zero-order valence-corrected chi connectivity index (χ0v) is 12.8.